The molecule has 3 rings (SSSR count). The lowest BCUT2D eigenvalue weighted by atomic mass is 9.87. The Morgan fingerprint density at radius 2 is 2.00 bits per heavy atom. The number of carbonyl (C=O) groups is 1. The van der Waals surface area contributed by atoms with Crippen molar-refractivity contribution in [3.63, 3.8) is 0 Å². The van der Waals surface area contributed by atoms with Crippen molar-refractivity contribution in [3.05, 3.63) is 83.5 Å². The van der Waals surface area contributed by atoms with Gasteiger partial charge in [0.05, 0.1) is 23.5 Å². The Morgan fingerprint density at radius 1 is 1.23 bits per heavy atom. The molecule has 0 saturated carbocycles. The highest BCUT2D eigenvalue weighted by atomic mass is 19.1. The Balaban J connectivity index is 2.20. The number of imidazole rings is 1. The van der Waals surface area contributed by atoms with Gasteiger partial charge in [0.25, 0.3) is 0 Å². The number of pyridine rings is 1. The third-order valence-corrected chi connectivity index (χ3v) is 3.57. The fourth-order valence-electron chi connectivity index (χ4n) is 2.54. The van der Waals surface area contributed by atoms with Crippen molar-refractivity contribution < 1.29 is 9.18 Å². The van der Waals surface area contributed by atoms with E-state index in [4.69, 9.17) is 0 Å². The minimum absolute atomic E-state index is 0.0899. The number of carbonyl (C=O) groups excluding carboxylic acids is 1. The van der Waals surface area contributed by atoms with Crippen LogP contribution in [0.4, 0.5) is 4.39 Å². The predicted molar refractivity (Wildman–Crippen MR) is 80.2 cm³/mol. The van der Waals surface area contributed by atoms with E-state index >= 15 is 0 Å². The van der Waals surface area contributed by atoms with E-state index < -0.39 is 11.7 Å². The van der Waals surface area contributed by atoms with E-state index in [1.54, 1.807) is 37.1 Å². The smallest absolute Gasteiger partial charge is 0.162 e. The van der Waals surface area contributed by atoms with Crippen LogP contribution in [0.2, 0.25) is 0 Å². The summed E-state index contributed by atoms with van der Waals surface area (Å²) in [7, 11) is 0. The third kappa shape index (κ3) is 2.53. The number of Topliss-reactive ketones (excluding diaryl/α,β-unsaturated/α-hetero) is 1. The fourth-order valence-corrected chi connectivity index (χ4v) is 2.54. The van der Waals surface area contributed by atoms with Crippen molar-refractivity contribution in [1.29, 1.82) is 0 Å². The average Bonchev–Trinajstić information content (AvgIpc) is 3.04. The van der Waals surface area contributed by atoms with Crippen LogP contribution in [-0.2, 0) is 0 Å². The molecule has 1 N–H and O–H groups in total. The molecule has 0 radical (unpaired) electrons. The number of ketones is 1. The Bertz CT molecular complexity index is 785. The molecule has 0 saturated heterocycles. The van der Waals surface area contributed by atoms with E-state index in [0.29, 0.717) is 11.3 Å². The second-order valence-corrected chi connectivity index (χ2v) is 4.97. The number of aromatic nitrogens is 3. The van der Waals surface area contributed by atoms with Gasteiger partial charge in [-0.15, -0.1) is 0 Å². The molecule has 0 aliphatic carbocycles. The summed E-state index contributed by atoms with van der Waals surface area (Å²) in [5.74, 6) is -1.19. The quantitative estimate of drug-likeness (QED) is 0.751. The Labute approximate surface area is 127 Å². The summed E-state index contributed by atoms with van der Waals surface area (Å²) in [6.45, 7) is 1.36. The van der Waals surface area contributed by atoms with E-state index in [1.807, 2.05) is 12.1 Å². The maximum absolute atomic E-state index is 14.8. The molecule has 110 valence electrons. The van der Waals surface area contributed by atoms with Crippen LogP contribution < -0.4 is 0 Å². The highest BCUT2D eigenvalue weighted by molar-refractivity contribution is 5.94. The van der Waals surface area contributed by atoms with Gasteiger partial charge in [0.2, 0.25) is 0 Å². The maximum atomic E-state index is 14.8. The van der Waals surface area contributed by atoms with E-state index in [1.165, 1.54) is 13.0 Å². The number of rotatable bonds is 4. The van der Waals surface area contributed by atoms with Crippen LogP contribution in [0, 0.1) is 5.82 Å². The van der Waals surface area contributed by atoms with Crippen molar-refractivity contribution in [1.82, 2.24) is 15.0 Å². The fraction of sp³-hybridized carbons (Fsp3) is 0.118. The molecular weight excluding hydrogens is 281 g/mol. The Morgan fingerprint density at radius 3 is 2.64 bits per heavy atom. The molecule has 0 amide bonds. The summed E-state index contributed by atoms with van der Waals surface area (Å²) in [5.41, 5.74) is 2.06. The number of hydrogen-bond acceptors (Lipinski definition) is 3. The van der Waals surface area contributed by atoms with Crippen LogP contribution in [0.3, 0.4) is 0 Å². The number of hydrogen-bond donors (Lipinski definition) is 1. The predicted octanol–water partition coefficient (Wildman–Crippen LogP) is 3.33. The lowest BCUT2D eigenvalue weighted by molar-refractivity contribution is 0.101. The van der Waals surface area contributed by atoms with E-state index in [2.05, 4.69) is 15.0 Å². The Hall–Kier alpha value is -2.82. The number of nitrogens with one attached hydrogen (secondary N) is 1. The first-order valence-electron chi connectivity index (χ1n) is 6.86. The summed E-state index contributed by atoms with van der Waals surface area (Å²) in [6, 6.07) is 8.51. The number of aromatic amines is 1. The van der Waals surface area contributed by atoms with Crippen molar-refractivity contribution in [2.45, 2.75) is 12.8 Å². The van der Waals surface area contributed by atoms with Gasteiger partial charge in [0.1, 0.15) is 5.82 Å². The first kappa shape index (κ1) is 14.1. The number of benzene rings is 1. The molecule has 22 heavy (non-hydrogen) atoms. The number of halogens is 1. The molecule has 2 aromatic heterocycles. The minimum Gasteiger partial charge on any atom is -0.351 e. The third-order valence-electron chi connectivity index (χ3n) is 3.57. The summed E-state index contributed by atoms with van der Waals surface area (Å²) >= 11 is 0. The zero-order chi connectivity index (χ0) is 15.5. The van der Waals surface area contributed by atoms with Gasteiger partial charge in [-0.1, -0.05) is 12.1 Å². The van der Waals surface area contributed by atoms with E-state index in [0.717, 1.165) is 5.56 Å². The SMILES string of the molecule is CC(=O)c1cccc(C(c2ccncc2)c2c[nH]cn2)c1F. The number of nitrogens with zero attached hydrogens (tertiary/aromatic N) is 2. The highest BCUT2D eigenvalue weighted by Crippen LogP contribution is 2.32. The van der Waals surface area contributed by atoms with Crippen LogP contribution >= 0.6 is 0 Å². The second kappa shape index (κ2) is 5.89. The summed E-state index contributed by atoms with van der Waals surface area (Å²) in [6.07, 6.45) is 6.59. The molecule has 1 unspecified atom stereocenters. The molecule has 3 aromatic rings. The molecule has 0 aliphatic heterocycles. The van der Waals surface area contributed by atoms with E-state index in [-0.39, 0.29) is 11.3 Å². The standard InChI is InChI=1S/C17H14FN3O/c1-11(22)13-3-2-4-14(17(13)18)16(15-9-20-10-21-15)12-5-7-19-8-6-12/h2-10,16H,1H3,(H,20,21). The van der Waals surface area contributed by atoms with Crippen LogP contribution in [0.15, 0.2) is 55.2 Å². The molecule has 1 aromatic carbocycles. The van der Waals surface area contributed by atoms with Crippen LogP contribution in [0.5, 0.6) is 0 Å². The molecule has 5 heteroatoms. The minimum atomic E-state index is -0.500. The normalized spacial score (nSPS) is 12.1. The monoisotopic (exact) mass is 295 g/mol. The van der Waals surface area contributed by atoms with Crippen LogP contribution in [0.25, 0.3) is 0 Å². The van der Waals surface area contributed by atoms with Crippen molar-refractivity contribution >= 4 is 5.78 Å². The molecule has 2 heterocycles. The summed E-state index contributed by atoms with van der Waals surface area (Å²) in [5, 5.41) is 0. The Kier molecular flexibility index (Phi) is 3.78. The van der Waals surface area contributed by atoms with Crippen molar-refractivity contribution in [3.8, 4) is 0 Å². The topological polar surface area (TPSA) is 58.6 Å². The van der Waals surface area contributed by atoms with E-state index in [9.17, 15) is 9.18 Å². The van der Waals surface area contributed by atoms with Crippen molar-refractivity contribution in [2.24, 2.45) is 0 Å². The summed E-state index contributed by atoms with van der Waals surface area (Å²) < 4.78 is 14.8. The zero-order valence-electron chi connectivity index (χ0n) is 12.0. The molecule has 0 fully saturated rings. The molecule has 0 aliphatic rings. The van der Waals surface area contributed by atoms with Gasteiger partial charge >= 0.3 is 0 Å². The molecular formula is C17H14FN3O. The van der Waals surface area contributed by atoms with Crippen molar-refractivity contribution in [2.75, 3.05) is 0 Å². The van der Waals surface area contributed by atoms with Gasteiger partial charge in [0, 0.05) is 24.2 Å². The molecule has 4 nitrogen and oxygen atoms in total. The summed E-state index contributed by atoms with van der Waals surface area (Å²) in [4.78, 5) is 22.7. The zero-order valence-corrected chi connectivity index (χ0v) is 12.0. The van der Waals surface area contributed by atoms with Crippen LogP contribution in [-0.4, -0.2) is 20.7 Å². The average molecular weight is 295 g/mol. The molecule has 0 bridgehead atoms. The first-order valence-corrected chi connectivity index (χ1v) is 6.86. The largest absolute Gasteiger partial charge is 0.351 e. The van der Waals surface area contributed by atoms with Gasteiger partial charge < -0.3 is 4.98 Å². The molecule has 0 spiro atoms. The highest BCUT2D eigenvalue weighted by Gasteiger charge is 2.24. The lowest BCUT2D eigenvalue weighted by Gasteiger charge is -2.17. The molecule has 1 atom stereocenters. The van der Waals surface area contributed by atoms with Gasteiger partial charge in [0.15, 0.2) is 5.78 Å². The van der Waals surface area contributed by atoms with Gasteiger partial charge in [-0.2, -0.15) is 0 Å². The van der Waals surface area contributed by atoms with Gasteiger partial charge in [-0.3, -0.25) is 9.78 Å². The second-order valence-electron chi connectivity index (χ2n) is 4.97. The lowest BCUT2D eigenvalue weighted by Crippen LogP contribution is -2.09. The van der Waals surface area contributed by atoms with Gasteiger partial charge in [-0.05, 0) is 30.7 Å². The maximum Gasteiger partial charge on any atom is 0.162 e. The number of H-pyrrole nitrogens is 1. The van der Waals surface area contributed by atoms with Crippen LogP contribution in [0.1, 0.15) is 40.0 Å². The first-order chi connectivity index (χ1) is 10.7. The van der Waals surface area contributed by atoms with Gasteiger partial charge in [-0.25, -0.2) is 9.37 Å².